The van der Waals surface area contributed by atoms with Gasteiger partial charge in [-0.05, 0) is 58.1 Å². The van der Waals surface area contributed by atoms with Crippen LogP contribution >= 0.6 is 11.3 Å². The van der Waals surface area contributed by atoms with Crippen LogP contribution in [0.2, 0.25) is 0 Å². The Morgan fingerprint density at radius 1 is 1.28 bits per heavy atom. The van der Waals surface area contributed by atoms with Crippen LogP contribution in [0.5, 0.6) is 0 Å². The van der Waals surface area contributed by atoms with Gasteiger partial charge in [-0.2, -0.15) is 5.26 Å². The second-order valence-corrected chi connectivity index (χ2v) is 13.7. The van der Waals surface area contributed by atoms with Crippen molar-refractivity contribution in [2.24, 2.45) is 4.99 Å². The number of amides is 1. The number of aliphatic hydroxyl groups is 2. The first-order chi connectivity index (χ1) is 20.1. The summed E-state index contributed by atoms with van der Waals surface area (Å²) in [5, 5.41) is 42.3. The number of fused-ring (bicyclic) bond motifs is 1. The van der Waals surface area contributed by atoms with Crippen LogP contribution in [-0.4, -0.2) is 94.0 Å². The first-order valence-corrected chi connectivity index (χ1v) is 15.3. The van der Waals surface area contributed by atoms with Gasteiger partial charge in [0.05, 0.1) is 11.9 Å². The molecule has 0 aromatic carbocycles. The van der Waals surface area contributed by atoms with Crippen LogP contribution in [0.1, 0.15) is 75.1 Å². The maximum atomic E-state index is 12.6. The van der Waals surface area contributed by atoms with Crippen LogP contribution in [0.25, 0.3) is 0 Å². The fourth-order valence-electron chi connectivity index (χ4n) is 5.50. The Morgan fingerprint density at radius 3 is 2.70 bits per heavy atom. The predicted molar refractivity (Wildman–Crippen MR) is 166 cm³/mol. The van der Waals surface area contributed by atoms with Gasteiger partial charge in [-0.25, -0.2) is 19.8 Å². The van der Waals surface area contributed by atoms with E-state index in [1.54, 1.807) is 16.1 Å². The van der Waals surface area contributed by atoms with Gasteiger partial charge in [0.25, 0.3) is 0 Å². The monoisotopic (exact) mass is 610 g/mol. The van der Waals surface area contributed by atoms with E-state index in [0.717, 1.165) is 23.3 Å². The zero-order valence-electron chi connectivity index (χ0n) is 25.8. The average molecular weight is 611 g/mol. The fraction of sp³-hybridized carbons (Fsp3) is 0.600. The molecule has 1 aliphatic carbocycles. The molecule has 2 aromatic heterocycles. The number of thiophene rings is 1. The van der Waals surface area contributed by atoms with E-state index in [4.69, 9.17) is 10.1 Å². The molecule has 4 rings (SSSR count). The van der Waals surface area contributed by atoms with Crippen molar-refractivity contribution in [2.75, 3.05) is 45.2 Å². The van der Waals surface area contributed by atoms with Gasteiger partial charge in [0.2, 0.25) is 11.7 Å². The lowest BCUT2D eigenvalue weighted by molar-refractivity contribution is -0.166. The van der Waals surface area contributed by atoms with E-state index in [-0.39, 0.29) is 23.9 Å². The lowest BCUT2D eigenvalue weighted by Crippen LogP contribution is -2.41. The molecule has 0 unspecified atom stereocenters. The number of hydrogen-bond acceptors (Lipinski definition) is 11. The highest BCUT2D eigenvalue weighted by Crippen LogP contribution is 2.49. The molecule has 2 aliphatic rings. The van der Waals surface area contributed by atoms with Crippen molar-refractivity contribution in [1.82, 2.24) is 19.8 Å². The van der Waals surface area contributed by atoms with Gasteiger partial charge >= 0.3 is 6.09 Å². The number of nitriles is 1. The number of rotatable bonds is 7. The van der Waals surface area contributed by atoms with Crippen molar-refractivity contribution in [3.05, 3.63) is 34.0 Å². The summed E-state index contributed by atoms with van der Waals surface area (Å²) in [5.74, 6) is -2.11. The predicted octanol–water partition coefficient (Wildman–Crippen LogP) is 3.92. The van der Waals surface area contributed by atoms with Crippen LogP contribution < -0.4 is 4.90 Å². The van der Waals surface area contributed by atoms with Crippen molar-refractivity contribution < 1.29 is 19.7 Å². The molecule has 3 N–H and O–H groups in total. The molecule has 232 valence electrons. The van der Waals surface area contributed by atoms with E-state index in [1.807, 2.05) is 46.7 Å². The summed E-state index contributed by atoms with van der Waals surface area (Å²) in [4.78, 5) is 32.3. The van der Waals surface area contributed by atoms with Gasteiger partial charge in [-0.1, -0.05) is 6.92 Å². The lowest BCUT2D eigenvalue weighted by Gasteiger charge is -2.37. The van der Waals surface area contributed by atoms with E-state index in [2.05, 4.69) is 21.0 Å². The van der Waals surface area contributed by atoms with Crippen molar-refractivity contribution in [3.63, 3.8) is 0 Å². The fourth-order valence-corrected chi connectivity index (χ4v) is 6.76. The highest BCUT2D eigenvalue weighted by molar-refractivity contribution is 7.16. The number of hydrogen-bond donors (Lipinski definition) is 3. The van der Waals surface area contributed by atoms with Crippen molar-refractivity contribution in [3.8, 4) is 6.07 Å². The van der Waals surface area contributed by atoms with E-state index in [1.165, 1.54) is 23.6 Å². The van der Waals surface area contributed by atoms with Crippen LogP contribution in [0.3, 0.4) is 0 Å². The van der Waals surface area contributed by atoms with Crippen molar-refractivity contribution >= 4 is 40.4 Å². The molecular formula is C30H42N8O4S. The van der Waals surface area contributed by atoms with Crippen LogP contribution in [0.15, 0.2) is 17.3 Å². The molecular weight excluding hydrogens is 568 g/mol. The summed E-state index contributed by atoms with van der Waals surface area (Å²) in [7, 11) is 3.71. The van der Waals surface area contributed by atoms with Gasteiger partial charge in [-0.15, -0.1) is 11.3 Å². The third-order valence-electron chi connectivity index (χ3n) is 7.69. The van der Waals surface area contributed by atoms with Crippen LogP contribution in [0, 0.1) is 16.7 Å². The number of carbonyl (C=O) groups excluding carboxylic acids is 1. The van der Waals surface area contributed by atoms with E-state index in [9.17, 15) is 20.3 Å². The summed E-state index contributed by atoms with van der Waals surface area (Å²) in [5.41, 5.74) is -0.143. The number of ether oxygens (including phenoxy) is 1. The summed E-state index contributed by atoms with van der Waals surface area (Å²) < 4.78 is 5.52. The number of aliphatic imine (C=N–C) groups is 1. The van der Waals surface area contributed by atoms with Crippen LogP contribution in [-0.2, 0) is 22.4 Å². The molecule has 3 heterocycles. The molecule has 13 heteroatoms. The third-order valence-corrected chi connectivity index (χ3v) is 8.84. The molecule has 1 saturated heterocycles. The molecule has 0 bridgehead atoms. The van der Waals surface area contributed by atoms with Gasteiger partial charge < -0.3 is 35.1 Å². The maximum Gasteiger partial charge on any atom is 0.410 e. The Labute approximate surface area is 257 Å². The molecule has 1 aliphatic heterocycles. The van der Waals surface area contributed by atoms with E-state index >= 15 is 0 Å². The molecule has 12 nitrogen and oxygen atoms in total. The van der Waals surface area contributed by atoms with E-state index in [0.29, 0.717) is 55.5 Å². The van der Waals surface area contributed by atoms with Gasteiger partial charge in [-0.3, -0.25) is 0 Å². The zero-order valence-corrected chi connectivity index (χ0v) is 26.7. The molecule has 0 saturated carbocycles. The van der Waals surface area contributed by atoms with Crippen molar-refractivity contribution in [2.45, 2.75) is 76.6 Å². The molecule has 0 spiro atoms. The number of aromatic nitrogens is 2. The number of carbonyl (C=O) groups is 1. The smallest absolute Gasteiger partial charge is 0.410 e. The molecule has 1 amide bonds. The van der Waals surface area contributed by atoms with E-state index < -0.39 is 16.8 Å². The van der Waals surface area contributed by atoms with Gasteiger partial charge in [0.15, 0.2) is 0 Å². The van der Waals surface area contributed by atoms with Crippen LogP contribution in [0.4, 0.5) is 15.7 Å². The molecule has 0 radical (unpaired) electrons. The van der Waals surface area contributed by atoms with Gasteiger partial charge in [0, 0.05) is 68.9 Å². The minimum atomic E-state index is -2.43. The normalized spacial score (nSPS) is 19.5. The molecule has 1 fully saturated rings. The standard InChI is InChI=1S/C30H42N8O4S/c1-28(2,3)42-27(39)38-14-8-13-37(15-16-38)26-33-12-10-23(35-26)30(40,41)17-22(32)29(4)11-7-9-21-24(29)20(18-31)25(43-21)34-19-36(5)6/h10,12,19,32,40-41H,7-9,11,13-17H2,1-6H3/b32-22?,34-19+/t29-/m1/s1. The highest BCUT2D eigenvalue weighted by atomic mass is 32.1. The number of aryl methyl sites for hydroxylation is 1. The lowest BCUT2D eigenvalue weighted by atomic mass is 9.68. The third kappa shape index (κ3) is 7.31. The topological polar surface area (TPSA) is 162 Å². The second-order valence-electron chi connectivity index (χ2n) is 12.6. The maximum absolute atomic E-state index is 12.6. The number of nitrogens with zero attached hydrogens (tertiary/aromatic N) is 7. The summed E-state index contributed by atoms with van der Waals surface area (Å²) in [6, 6.07) is 3.74. The van der Waals surface area contributed by atoms with Gasteiger partial charge in [0.1, 0.15) is 22.4 Å². The first-order valence-electron chi connectivity index (χ1n) is 14.5. The summed E-state index contributed by atoms with van der Waals surface area (Å²) in [6.45, 7) is 9.38. The highest BCUT2D eigenvalue weighted by Gasteiger charge is 2.44. The zero-order chi connectivity index (χ0) is 31.6. The quantitative estimate of drug-likeness (QED) is 0.240. The largest absolute Gasteiger partial charge is 0.444 e. The first kappa shape index (κ1) is 32.3. The van der Waals surface area contributed by atoms with Crippen molar-refractivity contribution in [1.29, 1.82) is 10.7 Å². The molecule has 2 aromatic rings. The molecule has 1 atom stereocenters. The molecule has 43 heavy (non-hydrogen) atoms. The summed E-state index contributed by atoms with van der Waals surface area (Å²) in [6.07, 6.45) is 5.25. The average Bonchev–Trinajstić information content (AvgIpc) is 3.11. The number of anilines is 1. The SMILES string of the molecule is CN(C)/C=N/c1sc2c(c1C#N)[C@@](C)(C(=N)CC(O)(O)c1ccnc(N3CCCN(C(=O)OC(C)(C)C)CC3)n1)CCC2. The minimum Gasteiger partial charge on any atom is -0.444 e. The Kier molecular flexibility index (Phi) is 9.44. The minimum absolute atomic E-state index is 0.0165. The Balaban J connectivity index is 1.53. The summed E-state index contributed by atoms with van der Waals surface area (Å²) >= 11 is 1.46. The second kappa shape index (κ2) is 12.6. The Bertz CT molecular complexity index is 1420. The Hall–Kier alpha value is -3.60. The number of nitrogens with one attached hydrogen (secondary N) is 1. The Morgan fingerprint density at radius 2 is 2.02 bits per heavy atom.